The van der Waals surface area contributed by atoms with Crippen molar-refractivity contribution in [1.82, 2.24) is 4.98 Å². The van der Waals surface area contributed by atoms with Crippen LogP contribution in [0.25, 0.3) is 10.8 Å². The van der Waals surface area contributed by atoms with Gasteiger partial charge < -0.3 is 9.64 Å². The van der Waals surface area contributed by atoms with Gasteiger partial charge >= 0.3 is 0 Å². The zero-order valence-corrected chi connectivity index (χ0v) is 12.3. The van der Waals surface area contributed by atoms with E-state index < -0.39 is 0 Å². The molecule has 1 aromatic heterocycles. The van der Waals surface area contributed by atoms with E-state index in [9.17, 15) is 0 Å². The second-order valence-electron chi connectivity index (χ2n) is 4.67. The van der Waals surface area contributed by atoms with Gasteiger partial charge in [-0.1, -0.05) is 12.1 Å². The fraction of sp³-hybridized carbons (Fsp3) is 0.400. The first-order chi connectivity index (χ1) is 9.19. The number of nitrogens with zero attached hydrogens (tertiary/aromatic N) is 2. The van der Waals surface area contributed by atoms with Crippen LogP contribution in [0.4, 0.5) is 5.82 Å². The van der Waals surface area contributed by atoms with Crippen molar-refractivity contribution in [2.75, 3.05) is 24.4 Å². The molecule has 1 heterocycles. The molecule has 0 bridgehead atoms. The summed E-state index contributed by atoms with van der Waals surface area (Å²) in [5.41, 5.74) is 0. The molecule has 0 radical (unpaired) electrons. The highest BCUT2D eigenvalue weighted by Crippen LogP contribution is 2.31. The van der Waals surface area contributed by atoms with Crippen LogP contribution in [-0.2, 0) is 0 Å². The normalized spacial score (nSPS) is 11.0. The predicted molar refractivity (Wildman–Crippen MR) is 81.5 cm³/mol. The number of fused-ring (bicyclic) bond motifs is 1. The lowest BCUT2D eigenvalue weighted by atomic mass is 10.1. The van der Waals surface area contributed by atoms with E-state index in [2.05, 4.69) is 29.8 Å². The number of hydrogen-bond donors (Lipinski definition) is 0. The van der Waals surface area contributed by atoms with Crippen LogP contribution in [0, 0.1) is 0 Å². The SMILES string of the molecule is COc1cccc2c(N(CCCl)C(C)C)nccc12. The second kappa shape index (κ2) is 6.11. The van der Waals surface area contributed by atoms with Crippen molar-refractivity contribution in [1.29, 1.82) is 0 Å². The van der Waals surface area contributed by atoms with E-state index in [0.29, 0.717) is 11.9 Å². The third-order valence-corrected chi connectivity index (χ3v) is 3.35. The Balaban J connectivity index is 2.60. The molecule has 0 amide bonds. The number of methoxy groups -OCH3 is 1. The second-order valence-corrected chi connectivity index (χ2v) is 5.04. The van der Waals surface area contributed by atoms with Gasteiger partial charge in [-0.3, -0.25) is 0 Å². The maximum atomic E-state index is 5.91. The van der Waals surface area contributed by atoms with Crippen LogP contribution in [0.5, 0.6) is 5.75 Å². The lowest BCUT2D eigenvalue weighted by molar-refractivity contribution is 0.420. The summed E-state index contributed by atoms with van der Waals surface area (Å²) in [6, 6.07) is 8.36. The standard InChI is InChI=1S/C15H19ClN2O/c1-11(2)18(10-8-16)15-13-5-4-6-14(19-3)12(13)7-9-17-15/h4-7,9,11H,8,10H2,1-3H3. The largest absolute Gasteiger partial charge is 0.496 e. The van der Waals surface area contributed by atoms with Gasteiger partial charge in [0.1, 0.15) is 11.6 Å². The lowest BCUT2D eigenvalue weighted by Crippen LogP contribution is -2.33. The van der Waals surface area contributed by atoms with E-state index in [1.807, 2.05) is 24.4 Å². The van der Waals surface area contributed by atoms with Crippen molar-refractivity contribution in [3.8, 4) is 5.75 Å². The summed E-state index contributed by atoms with van der Waals surface area (Å²) < 4.78 is 5.41. The summed E-state index contributed by atoms with van der Waals surface area (Å²) in [5.74, 6) is 2.42. The molecule has 0 atom stereocenters. The van der Waals surface area contributed by atoms with Crippen molar-refractivity contribution in [2.45, 2.75) is 19.9 Å². The van der Waals surface area contributed by atoms with Gasteiger partial charge in [0.25, 0.3) is 0 Å². The maximum Gasteiger partial charge on any atom is 0.136 e. The van der Waals surface area contributed by atoms with Crippen LogP contribution in [0.1, 0.15) is 13.8 Å². The first-order valence-electron chi connectivity index (χ1n) is 6.43. The molecular formula is C15H19ClN2O. The Bertz CT molecular complexity index is 557. The van der Waals surface area contributed by atoms with E-state index in [4.69, 9.17) is 16.3 Å². The fourth-order valence-electron chi connectivity index (χ4n) is 2.27. The Morgan fingerprint density at radius 3 is 2.68 bits per heavy atom. The highest BCUT2D eigenvalue weighted by atomic mass is 35.5. The van der Waals surface area contributed by atoms with Gasteiger partial charge in [0.2, 0.25) is 0 Å². The predicted octanol–water partition coefficient (Wildman–Crippen LogP) is 3.70. The van der Waals surface area contributed by atoms with Crippen LogP contribution in [-0.4, -0.2) is 30.6 Å². The minimum atomic E-state index is 0.350. The van der Waals surface area contributed by atoms with E-state index >= 15 is 0 Å². The smallest absolute Gasteiger partial charge is 0.136 e. The molecule has 19 heavy (non-hydrogen) atoms. The molecule has 2 rings (SSSR count). The van der Waals surface area contributed by atoms with Crippen molar-refractivity contribution >= 4 is 28.2 Å². The molecule has 0 spiro atoms. The van der Waals surface area contributed by atoms with Gasteiger partial charge in [0, 0.05) is 35.4 Å². The highest BCUT2D eigenvalue weighted by Gasteiger charge is 2.15. The summed E-state index contributed by atoms with van der Waals surface area (Å²) >= 11 is 5.91. The number of alkyl halides is 1. The minimum Gasteiger partial charge on any atom is -0.496 e. The van der Waals surface area contributed by atoms with Gasteiger partial charge in [0.05, 0.1) is 7.11 Å². The van der Waals surface area contributed by atoms with E-state index in [1.165, 1.54) is 0 Å². The summed E-state index contributed by atoms with van der Waals surface area (Å²) in [4.78, 5) is 6.75. The van der Waals surface area contributed by atoms with Crippen LogP contribution < -0.4 is 9.64 Å². The summed E-state index contributed by atoms with van der Waals surface area (Å²) in [5, 5.41) is 2.18. The number of ether oxygens (including phenoxy) is 1. The Hall–Kier alpha value is -1.48. The number of halogens is 1. The summed E-state index contributed by atoms with van der Waals surface area (Å²) in [6.45, 7) is 5.07. The number of hydrogen-bond acceptors (Lipinski definition) is 3. The molecule has 4 heteroatoms. The minimum absolute atomic E-state index is 0.350. The van der Waals surface area contributed by atoms with Crippen LogP contribution in [0.3, 0.4) is 0 Å². The molecule has 3 nitrogen and oxygen atoms in total. The van der Waals surface area contributed by atoms with E-state index in [0.717, 1.165) is 28.9 Å². The number of benzene rings is 1. The molecule has 0 saturated carbocycles. The van der Waals surface area contributed by atoms with Crippen LogP contribution >= 0.6 is 11.6 Å². The zero-order chi connectivity index (χ0) is 13.8. The monoisotopic (exact) mass is 278 g/mol. The van der Waals surface area contributed by atoms with E-state index in [1.54, 1.807) is 7.11 Å². The topological polar surface area (TPSA) is 25.4 Å². The number of aromatic nitrogens is 1. The molecule has 0 aliphatic rings. The third kappa shape index (κ3) is 2.76. The number of anilines is 1. The molecule has 2 aromatic rings. The molecule has 102 valence electrons. The zero-order valence-electron chi connectivity index (χ0n) is 11.6. The van der Waals surface area contributed by atoms with Gasteiger partial charge in [-0.2, -0.15) is 0 Å². The fourth-order valence-corrected chi connectivity index (χ4v) is 2.45. The average molecular weight is 279 g/mol. The molecule has 0 aliphatic heterocycles. The molecule has 0 fully saturated rings. The first kappa shape index (κ1) is 13.9. The third-order valence-electron chi connectivity index (χ3n) is 3.19. The molecule has 0 aliphatic carbocycles. The molecule has 1 aromatic carbocycles. The van der Waals surface area contributed by atoms with Crippen LogP contribution in [0.15, 0.2) is 30.5 Å². The Morgan fingerprint density at radius 2 is 2.05 bits per heavy atom. The first-order valence-corrected chi connectivity index (χ1v) is 6.96. The van der Waals surface area contributed by atoms with Crippen molar-refractivity contribution in [3.63, 3.8) is 0 Å². The number of pyridine rings is 1. The molecule has 0 unspecified atom stereocenters. The van der Waals surface area contributed by atoms with Crippen molar-refractivity contribution < 1.29 is 4.74 Å². The highest BCUT2D eigenvalue weighted by molar-refractivity contribution is 6.18. The maximum absolute atomic E-state index is 5.91. The molecule has 0 N–H and O–H groups in total. The van der Waals surface area contributed by atoms with Gasteiger partial charge in [0.15, 0.2) is 0 Å². The van der Waals surface area contributed by atoms with Crippen LogP contribution in [0.2, 0.25) is 0 Å². The van der Waals surface area contributed by atoms with E-state index in [-0.39, 0.29) is 0 Å². The van der Waals surface area contributed by atoms with Gasteiger partial charge in [-0.05, 0) is 26.0 Å². The van der Waals surface area contributed by atoms with Gasteiger partial charge in [-0.25, -0.2) is 4.98 Å². The average Bonchev–Trinajstić information content (AvgIpc) is 2.43. The Labute approximate surface area is 119 Å². The Morgan fingerprint density at radius 1 is 1.26 bits per heavy atom. The molecule has 0 saturated heterocycles. The lowest BCUT2D eigenvalue weighted by Gasteiger charge is -2.28. The molecular weight excluding hydrogens is 260 g/mol. The summed E-state index contributed by atoms with van der Waals surface area (Å²) in [6.07, 6.45) is 1.82. The number of rotatable bonds is 5. The quantitative estimate of drug-likeness (QED) is 0.780. The van der Waals surface area contributed by atoms with Gasteiger partial charge in [-0.15, -0.1) is 11.6 Å². The van der Waals surface area contributed by atoms with Crippen molar-refractivity contribution in [3.05, 3.63) is 30.5 Å². The summed E-state index contributed by atoms with van der Waals surface area (Å²) in [7, 11) is 1.69. The Kier molecular flexibility index (Phi) is 4.48. The van der Waals surface area contributed by atoms with Crippen molar-refractivity contribution in [2.24, 2.45) is 0 Å².